The Labute approximate surface area is 186 Å². The van der Waals surface area contributed by atoms with Gasteiger partial charge in [-0.2, -0.15) is 0 Å². The molecule has 1 saturated heterocycles. The van der Waals surface area contributed by atoms with Gasteiger partial charge in [0.1, 0.15) is 17.3 Å². The van der Waals surface area contributed by atoms with E-state index < -0.39 is 12.0 Å². The highest BCUT2D eigenvalue weighted by Gasteiger charge is 2.32. The molecule has 1 aliphatic rings. The third-order valence-electron chi connectivity index (χ3n) is 5.50. The molecule has 0 aliphatic carbocycles. The van der Waals surface area contributed by atoms with Crippen LogP contribution in [0.5, 0.6) is 5.75 Å². The number of nitrogen functional groups attached to an aromatic ring is 1. The summed E-state index contributed by atoms with van der Waals surface area (Å²) in [6.45, 7) is 5.33. The minimum Gasteiger partial charge on any atom is -0.481 e. The number of aromatic amines is 1. The number of rotatable bonds is 7. The van der Waals surface area contributed by atoms with E-state index >= 15 is 0 Å². The van der Waals surface area contributed by atoms with Crippen molar-refractivity contribution in [3.63, 3.8) is 0 Å². The van der Waals surface area contributed by atoms with Gasteiger partial charge in [-0.25, -0.2) is 0 Å². The fraction of sp³-hybridized carbons (Fsp3) is 0.409. The highest BCUT2D eigenvalue weighted by Crippen LogP contribution is 2.24. The lowest BCUT2D eigenvalue weighted by atomic mass is 10.1. The maximum absolute atomic E-state index is 13.1. The summed E-state index contributed by atoms with van der Waals surface area (Å²) in [6.07, 6.45) is 0.813. The number of methoxy groups -OCH3 is 1. The smallest absolute Gasteiger partial charge is 0.263 e. The van der Waals surface area contributed by atoms with Crippen LogP contribution in [0.1, 0.15) is 29.8 Å². The molecule has 32 heavy (non-hydrogen) atoms. The fourth-order valence-electron chi connectivity index (χ4n) is 3.82. The molecule has 2 heterocycles. The first kappa shape index (κ1) is 23.1. The number of nitrogens with one attached hydrogen (secondary N) is 1. The van der Waals surface area contributed by atoms with Gasteiger partial charge in [0.2, 0.25) is 11.3 Å². The molecule has 0 bridgehead atoms. The first-order valence-corrected chi connectivity index (χ1v) is 10.3. The molecule has 1 aromatic heterocycles. The van der Waals surface area contributed by atoms with Gasteiger partial charge >= 0.3 is 0 Å². The number of carbonyl (C=O) groups excluding carboxylic acids is 2. The van der Waals surface area contributed by atoms with Crippen LogP contribution in [0.15, 0.2) is 35.3 Å². The molecule has 2 amide bonds. The molecular formula is C22H29N5O5. The zero-order valence-electron chi connectivity index (χ0n) is 18.5. The highest BCUT2D eigenvalue weighted by molar-refractivity contribution is 5.93. The van der Waals surface area contributed by atoms with E-state index in [4.69, 9.17) is 20.9 Å². The number of benzene rings is 1. The molecule has 1 fully saturated rings. The van der Waals surface area contributed by atoms with E-state index in [0.717, 1.165) is 0 Å². The van der Waals surface area contributed by atoms with Crippen molar-refractivity contribution in [2.45, 2.75) is 32.6 Å². The van der Waals surface area contributed by atoms with Crippen LogP contribution in [0.4, 0.5) is 11.5 Å². The number of nitrogens with zero attached hydrogens (tertiary/aromatic N) is 2. The Morgan fingerprint density at radius 1 is 1.28 bits per heavy atom. The van der Waals surface area contributed by atoms with Crippen LogP contribution in [0.25, 0.3) is 0 Å². The van der Waals surface area contributed by atoms with Gasteiger partial charge in [-0.1, -0.05) is 0 Å². The van der Waals surface area contributed by atoms with Crippen LogP contribution in [-0.4, -0.2) is 60.6 Å². The Morgan fingerprint density at radius 3 is 2.69 bits per heavy atom. The quantitative estimate of drug-likeness (QED) is 0.571. The van der Waals surface area contributed by atoms with Gasteiger partial charge in [-0.3, -0.25) is 14.4 Å². The van der Waals surface area contributed by atoms with Gasteiger partial charge in [0, 0.05) is 56.2 Å². The lowest BCUT2D eigenvalue weighted by Gasteiger charge is -2.41. The second kappa shape index (κ2) is 9.73. The summed E-state index contributed by atoms with van der Waals surface area (Å²) < 4.78 is 11.1. The number of H-pyrrole nitrogens is 1. The summed E-state index contributed by atoms with van der Waals surface area (Å²) >= 11 is 0. The molecule has 2 atom stereocenters. The van der Waals surface area contributed by atoms with Crippen LogP contribution in [0.2, 0.25) is 0 Å². The van der Waals surface area contributed by atoms with Crippen LogP contribution in [-0.2, 0) is 16.1 Å². The first-order chi connectivity index (χ1) is 15.2. The average molecular weight is 444 g/mol. The molecule has 1 unspecified atom stereocenters. The number of nitrogens with two attached hydrogens (primary N) is 2. The summed E-state index contributed by atoms with van der Waals surface area (Å²) in [5.74, 6) is 0.317. The number of aromatic nitrogens is 1. The second-order valence-electron chi connectivity index (χ2n) is 7.81. The molecule has 10 heteroatoms. The third kappa shape index (κ3) is 4.86. The number of amides is 2. The monoisotopic (exact) mass is 443 g/mol. The average Bonchev–Trinajstić information content (AvgIpc) is 2.76. The number of primary amides is 1. The van der Waals surface area contributed by atoms with Crippen molar-refractivity contribution in [2.24, 2.45) is 5.73 Å². The maximum atomic E-state index is 13.1. The van der Waals surface area contributed by atoms with Crippen LogP contribution in [0.3, 0.4) is 0 Å². The van der Waals surface area contributed by atoms with Crippen molar-refractivity contribution < 1.29 is 19.1 Å². The number of pyridine rings is 1. The summed E-state index contributed by atoms with van der Waals surface area (Å²) in [5.41, 5.74) is 12.2. The van der Waals surface area contributed by atoms with E-state index in [-0.39, 0.29) is 29.7 Å². The minimum atomic E-state index is -0.749. The van der Waals surface area contributed by atoms with Crippen LogP contribution < -0.4 is 26.5 Å². The van der Waals surface area contributed by atoms with Gasteiger partial charge in [-0.15, -0.1) is 0 Å². The largest absolute Gasteiger partial charge is 0.481 e. The summed E-state index contributed by atoms with van der Waals surface area (Å²) in [7, 11) is 1.53. The van der Waals surface area contributed by atoms with E-state index in [1.165, 1.54) is 13.2 Å². The maximum Gasteiger partial charge on any atom is 0.263 e. The van der Waals surface area contributed by atoms with E-state index in [2.05, 4.69) is 4.98 Å². The Bertz CT molecular complexity index is 1050. The van der Waals surface area contributed by atoms with Gasteiger partial charge in [0.05, 0.1) is 6.61 Å². The lowest BCUT2D eigenvalue weighted by molar-refractivity contribution is -0.140. The molecule has 1 aromatic carbocycles. The number of ether oxygens (including phenoxy) is 2. The Balaban J connectivity index is 1.70. The van der Waals surface area contributed by atoms with Crippen molar-refractivity contribution in [3.05, 3.63) is 51.8 Å². The molecular weight excluding hydrogens is 414 g/mol. The van der Waals surface area contributed by atoms with Crippen LogP contribution >= 0.6 is 0 Å². The van der Waals surface area contributed by atoms with Crippen molar-refractivity contribution in [1.82, 2.24) is 9.88 Å². The summed E-state index contributed by atoms with van der Waals surface area (Å²) in [4.78, 5) is 43.2. The number of piperazine rings is 1. The standard InChI is InChI=1S/C22H29N5O5/c1-13-11-26(21-19(23)17(28)6-7-25-21)8-9-27(13)22(30)14(2)32-18-5-4-15(20(24)29)10-16(18)12-31-3/h4-7,10,13-14H,8-9,11-12,23H2,1-3H3,(H2,24,29)(H,25,28)/t13?,14-/m0/s1. The number of hydrogen-bond donors (Lipinski definition) is 3. The molecule has 0 saturated carbocycles. The predicted molar refractivity (Wildman–Crippen MR) is 121 cm³/mol. The molecule has 10 nitrogen and oxygen atoms in total. The number of anilines is 2. The van der Waals surface area contributed by atoms with Gasteiger partial charge in [0.25, 0.3) is 5.91 Å². The topological polar surface area (TPSA) is 144 Å². The first-order valence-electron chi connectivity index (χ1n) is 10.3. The molecule has 3 rings (SSSR count). The molecule has 5 N–H and O–H groups in total. The Kier molecular flexibility index (Phi) is 7.04. The normalized spacial score (nSPS) is 17.2. The SMILES string of the molecule is COCc1cc(C(N)=O)ccc1O[C@@H](C)C(=O)N1CCN(c2[nH]ccc(=O)c2N)CC1C. The Hall–Kier alpha value is -3.53. The van der Waals surface area contributed by atoms with Gasteiger partial charge in [-0.05, 0) is 32.0 Å². The number of hydrogen-bond acceptors (Lipinski definition) is 7. The van der Waals surface area contributed by atoms with Gasteiger partial charge < -0.3 is 35.7 Å². The minimum absolute atomic E-state index is 0.124. The van der Waals surface area contributed by atoms with E-state index in [0.29, 0.717) is 42.3 Å². The fourth-order valence-corrected chi connectivity index (χ4v) is 3.82. The zero-order chi connectivity index (χ0) is 23.4. The summed E-state index contributed by atoms with van der Waals surface area (Å²) in [6, 6.07) is 6.04. The van der Waals surface area contributed by atoms with Gasteiger partial charge in [0.15, 0.2) is 6.10 Å². The van der Waals surface area contributed by atoms with Crippen molar-refractivity contribution in [1.29, 1.82) is 0 Å². The van der Waals surface area contributed by atoms with Crippen LogP contribution in [0, 0.1) is 0 Å². The molecule has 172 valence electrons. The van der Waals surface area contributed by atoms with Crippen molar-refractivity contribution in [3.8, 4) is 5.75 Å². The predicted octanol–water partition coefficient (Wildman–Crippen LogP) is 0.707. The third-order valence-corrected chi connectivity index (χ3v) is 5.50. The van der Waals surface area contributed by atoms with E-state index in [1.807, 2.05) is 11.8 Å². The zero-order valence-corrected chi connectivity index (χ0v) is 18.5. The molecule has 0 spiro atoms. The van der Waals surface area contributed by atoms with Crippen molar-refractivity contribution in [2.75, 3.05) is 37.4 Å². The van der Waals surface area contributed by atoms with Crippen molar-refractivity contribution >= 4 is 23.3 Å². The Morgan fingerprint density at radius 2 is 2.03 bits per heavy atom. The second-order valence-corrected chi connectivity index (χ2v) is 7.81. The lowest BCUT2D eigenvalue weighted by Crippen LogP contribution is -2.57. The molecule has 2 aromatic rings. The highest BCUT2D eigenvalue weighted by atomic mass is 16.5. The van der Waals surface area contributed by atoms with E-state index in [1.54, 1.807) is 36.2 Å². The summed E-state index contributed by atoms with van der Waals surface area (Å²) in [5, 5.41) is 0. The molecule has 1 aliphatic heterocycles. The molecule has 0 radical (unpaired) electrons. The number of carbonyl (C=O) groups is 2. The van der Waals surface area contributed by atoms with E-state index in [9.17, 15) is 14.4 Å².